The number of carbonyl (C=O) groups excluding carboxylic acids is 2. The summed E-state index contributed by atoms with van der Waals surface area (Å²) in [5, 5.41) is 2.60. The Morgan fingerprint density at radius 1 is 1.22 bits per heavy atom. The largest absolute Gasteiger partial charge is 0.347 e. The summed E-state index contributed by atoms with van der Waals surface area (Å²) in [5.41, 5.74) is 0. The first-order chi connectivity index (χ1) is 8.75. The zero-order valence-electron chi connectivity index (χ0n) is 10.1. The van der Waals surface area contributed by atoms with Gasteiger partial charge in [-0.15, -0.1) is 11.8 Å². The van der Waals surface area contributed by atoms with Crippen molar-refractivity contribution in [1.29, 1.82) is 0 Å². The van der Waals surface area contributed by atoms with Crippen LogP contribution in [-0.4, -0.2) is 42.1 Å². The number of amides is 2. The summed E-state index contributed by atoms with van der Waals surface area (Å²) in [4.78, 5) is 25.8. The van der Waals surface area contributed by atoms with Crippen LogP contribution in [0.2, 0.25) is 0 Å². The molecule has 18 heavy (non-hydrogen) atoms. The van der Waals surface area contributed by atoms with Crippen molar-refractivity contribution >= 4 is 23.6 Å². The first-order valence-electron chi connectivity index (χ1n) is 5.98. The highest BCUT2D eigenvalue weighted by molar-refractivity contribution is 7.99. The second kappa shape index (κ2) is 6.44. The fourth-order valence-corrected chi connectivity index (χ4v) is 2.66. The third kappa shape index (κ3) is 3.77. The van der Waals surface area contributed by atoms with Gasteiger partial charge in [0, 0.05) is 30.2 Å². The molecule has 0 aromatic heterocycles. The molecule has 0 spiro atoms. The molecule has 0 saturated carbocycles. The summed E-state index contributed by atoms with van der Waals surface area (Å²) in [7, 11) is 0. The molecule has 1 fully saturated rings. The first-order valence-corrected chi connectivity index (χ1v) is 6.96. The molecule has 1 heterocycles. The van der Waals surface area contributed by atoms with E-state index in [-0.39, 0.29) is 18.4 Å². The van der Waals surface area contributed by atoms with Crippen LogP contribution < -0.4 is 5.32 Å². The molecular weight excluding hydrogens is 248 g/mol. The van der Waals surface area contributed by atoms with Crippen molar-refractivity contribution in [2.75, 3.05) is 25.4 Å². The number of hydrogen-bond acceptors (Lipinski definition) is 3. The van der Waals surface area contributed by atoms with Crippen molar-refractivity contribution in [1.82, 2.24) is 10.2 Å². The van der Waals surface area contributed by atoms with Crippen molar-refractivity contribution in [3.8, 4) is 0 Å². The smallest absolute Gasteiger partial charge is 0.242 e. The molecule has 0 aliphatic carbocycles. The maximum atomic E-state index is 11.7. The summed E-state index contributed by atoms with van der Waals surface area (Å²) >= 11 is 1.72. The van der Waals surface area contributed by atoms with Gasteiger partial charge in [-0.05, 0) is 12.1 Å². The summed E-state index contributed by atoms with van der Waals surface area (Å²) < 4.78 is 0. The van der Waals surface area contributed by atoms with E-state index in [0.717, 1.165) is 5.75 Å². The summed E-state index contributed by atoms with van der Waals surface area (Å²) in [6.45, 7) is 1.35. The average molecular weight is 264 g/mol. The van der Waals surface area contributed by atoms with Gasteiger partial charge in [0.2, 0.25) is 11.8 Å². The molecule has 96 valence electrons. The molecular formula is C13H16N2O2S. The Kier molecular flexibility index (Phi) is 4.64. The third-order valence-corrected chi connectivity index (χ3v) is 3.76. The van der Waals surface area contributed by atoms with Gasteiger partial charge in [0.1, 0.15) is 0 Å². The monoisotopic (exact) mass is 264 g/mol. The molecule has 0 bridgehead atoms. The van der Waals surface area contributed by atoms with Crippen LogP contribution in [0.4, 0.5) is 0 Å². The predicted octanol–water partition coefficient (Wildman–Crippen LogP) is 1.13. The second-order valence-corrected chi connectivity index (χ2v) is 5.24. The molecule has 5 heteroatoms. The molecule has 2 rings (SSSR count). The van der Waals surface area contributed by atoms with Crippen molar-refractivity contribution in [2.45, 2.75) is 11.3 Å². The van der Waals surface area contributed by atoms with Crippen LogP contribution >= 0.6 is 11.8 Å². The van der Waals surface area contributed by atoms with Crippen molar-refractivity contribution in [3.63, 3.8) is 0 Å². The van der Waals surface area contributed by atoms with Gasteiger partial charge in [-0.2, -0.15) is 0 Å². The Hall–Kier alpha value is -1.49. The predicted molar refractivity (Wildman–Crippen MR) is 71.4 cm³/mol. The van der Waals surface area contributed by atoms with E-state index in [1.165, 1.54) is 4.90 Å². The minimum Gasteiger partial charge on any atom is -0.347 e. The van der Waals surface area contributed by atoms with Gasteiger partial charge in [0.25, 0.3) is 0 Å². The number of carbonyl (C=O) groups is 2. The van der Waals surface area contributed by atoms with E-state index in [1.807, 2.05) is 18.2 Å². The van der Waals surface area contributed by atoms with Crippen LogP contribution in [0, 0.1) is 0 Å². The average Bonchev–Trinajstić information content (AvgIpc) is 2.55. The Morgan fingerprint density at radius 2 is 2.00 bits per heavy atom. The van der Waals surface area contributed by atoms with Crippen molar-refractivity contribution in [2.24, 2.45) is 0 Å². The highest BCUT2D eigenvalue weighted by atomic mass is 32.2. The Bertz CT molecular complexity index is 422. The van der Waals surface area contributed by atoms with Gasteiger partial charge in [-0.1, -0.05) is 18.2 Å². The summed E-state index contributed by atoms with van der Waals surface area (Å²) in [6, 6.07) is 10.1. The van der Waals surface area contributed by atoms with Crippen molar-refractivity contribution in [3.05, 3.63) is 30.3 Å². The van der Waals surface area contributed by atoms with Gasteiger partial charge in [0.05, 0.1) is 6.54 Å². The molecule has 1 saturated heterocycles. The molecule has 1 aliphatic heterocycles. The van der Waals surface area contributed by atoms with E-state index >= 15 is 0 Å². The van der Waals surface area contributed by atoms with E-state index in [0.29, 0.717) is 19.5 Å². The van der Waals surface area contributed by atoms with Gasteiger partial charge < -0.3 is 10.2 Å². The first kappa shape index (κ1) is 13.0. The maximum Gasteiger partial charge on any atom is 0.242 e. The number of thioether (sulfide) groups is 1. The quantitative estimate of drug-likeness (QED) is 0.829. The fourth-order valence-electron chi connectivity index (χ4n) is 1.76. The van der Waals surface area contributed by atoms with Crippen molar-refractivity contribution < 1.29 is 9.59 Å². The number of benzene rings is 1. The van der Waals surface area contributed by atoms with Gasteiger partial charge >= 0.3 is 0 Å². The number of rotatable bonds is 4. The highest BCUT2D eigenvalue weighted by Crippen LogP contribution is 2.17. The lowest BCUT2D eigenvalue weighted by atomic mass is 10.4. The zero-order chi connectivity index (χ0) is 12.8. The minimum atomic E-state index is -0.0402. The lowest BCUT2D eigenvalue weighted by Crippen LogP contribution is -2.36. The standard InChI is InChI=1S/C13H16N2O2S/c16-12-6-7-15(13(17)10-14-12)8-9-18-11-4-2-1-3-5-11/h1-5H,6-10H2,(H,14,16). The Labute approximate surface area is 111 Å². The van der Waals surface area contributed by atoms with E-state index in [2.05, 4.69) is 17.4 Å². The lowest BCUT2D eigenvalue weighted by Gasteiger charge is -2.19. The Balaban J connectivity index is 1.79. The fraction of sp³-hybridized carbons (Fsp3) is 0.385. The lowest BCUT2D eigenvalue weighted by molar-refractivity contribution is -0.129. The highest BCUT2D eigenvalue weighted by Gasteiger charge is 2.19. The minimum absolute atomic E-state index is 0.00881. The molecule has 1 aromatic carbocycles. The normalized spacial score (nSPS) is 16.3. The van der Waals surface area contributed by atoms with Crippen LogP contribution in [0.1, 0.15) is 6.42 Å². The Morgan fingerprint density at radius 3 is 2.78 bits per heavy atom. The molecule has 0 unspecified atom stereocenters. The van der Waals surface area contributed by atoms with Crippen LogP contribution in [-0.2, 0) is 9.59 Å². The molecule has 0 atom stereocenters. The number of hydrogen-bond donors (Lipinski definition) is 1. The zero-order valence-corrected chi connectivity index (χ0v) is 10.9. The van der Waals surface area contributed by atoms with Crippen LogP contribution in [0.3, 0.4) is 0 Å². The van der Waals surface area contributed by atoms with Gasteiger partial charge in [0.15, 0.2) is 0 Å². The third-order valence-electron chi connectivity index (χ3n) is 2.77. The van der Waals surface area contributed by atoms with E-state index in [9.17, 15) is 9.59 Å². The van der Waals surface area contributed by atoms with Crippen LogP contribution in [0.25, 0.3) is 0 Å². The molecule has 0 radical (unpaired) electrons. The SMILES string of the molecule is O=C1CCN(CCSc2ccccc2)C(=O)CN1. The molecule has 4 nitrogen and oxygen atoms in total. The van der Waals surface area contributed by atoms with Crippen LogP contribution in [0.15, 0.2) is 35.2 Å². The molecule has 2 amide bonds. The summed E-state index contributed by atoms with van der Waals surface area (Å²) in [5.74, 6) is 0.820. The topological polar surface area (TPSA) is 49.4 Å². The summed E-state index contributed by atoms with van der Waals surface area (Å²) in [6.07, 6.45) is 0.405. The maximum absolute atomic E-state index is 11.7. The van der Waals surface area contributed by atoms with E-state index in [1.54, 1.807) is 16.7 Å². The second-order valence-electron chi connectivity index (χ2n) is 4.07. The molecule has 1 N–H and O–H groups in total. The van der Waals surface area contributed by atoms with Gasteiger partial charge in [-0.25, -0.2) is 0 Å². The number of nitrogens with zero attached hydrogens (tertiary/aromatic N) is 1. The van der Waals surface area contributed by atoms with E-state index < -0.39 is 0 Å². The number of nitrogens with one attached hydrogen (secondary N) is 1. The molecule has 1 aromatic rings. The van der Waals surface area contributed by atoms with Gasteiger partial charge in [-0.3, -0.25) is 9.59 Å². The van der Waals surface area contributed by atoms with E-state index in [4.69, 9.17) is 0 Å². The molecule has 1 aliphatic rings. The van der Waals surface area contributed by atoms with Crippen LogP contribution in [0.5, 0.6) is 0 Å².